The summed E-state index contributed by atoms with van der Waals surface area (Å²) in [5.74, 6) is -0.262. The van der Waals surface area contributed by atoms with E-state index in [4.69, 9.17) is 27.9 Å². The highest BCUT2D eigenvalue weighted by molar-refractivity contribution is 6.36. The van der Waals surface area contributed by atoms with Crippen molar-refractivity contribution in [1.29, 1.82) is 0 Å². The van der Waals surface area contributed by atoms with E-state index >= 15 is 0 Å². The number of aromatic nitrogens is 1. The molecule has 0 fully saturated rings. The Kier molecular flexibility index (Phi) is 12.6. The van der Waals surface area contributed by atoms with Crippen LogP contribution in [0.5, 0.6) is 0 Å². The van der Waals surface area contributed by atoms with Gasteiger partial charge in [0.05, 0.1) is 11.6 Å². The van der Waals surface area contributed by atoms with Gasteiger partial charge in [-0.15, -0.1) is 0 Å². The number of ether oxygens (including phenoxy) is 1. The van der Waals surface area contributed by atoms with E-state index in [-0.39, 0.29) is 11.6 Å². The van der Waals surface area contributed by atoms with Crippen LogP contribution in [-0.2, 0) is 4.74 Å². The number of carbonyl (C=O) groups is 2. The molecule has 0 radical (unpaired) electrons. The molecule has 1 heterocycles. The Hall–Kier alpha value is -2.53. The first-order valence-electron chi connectivity index (χ1n) is 10.6. The highest BCUT2D eigenvalue weighted by Crippen LogP contribution is 2.23. The van der Waals surface area contributed by atoms with Crippen LogP contribution in [0.2, 0.25) is 10.0 Å². The average Bonchev–Trinajstić information content (AvgIpc) is 2.80. The van der Waals surface area contributed by atoms with Crippen molar-refractivity contribution in [2.24, 2.45) is 5.41 Å². The zero-order valence-electron chi connectivity index (χ0n) is 19.8. The van der Waals surface area contributed by atoms with Crippen molar-refractivity contribution in [1.82, 2.24) is 4.98 Å². The summed E-state index contributed by atoms with van der Waals surface area (Å²) in [6.07, 6.45) is 3.50. The molecule has 0 spiro atoms. The Morgan fingerprint density at radius 3 is 1.88 bits per heavy atom. The molecule has 33 heavy (non-hydrogen) atoms. The van der Waals surface area contributed by atoms with E-state index in [1.54, 1.807) is 48.8 Å². The van der Waals surface area contributed by atoms with E-state index < -0.39 is 0 Å². The molecule has 0 aliphatic heterocycles. The minimum Gasteiger partial charge on any atom is -0.381 e. The Bertz CT molecular complexity index is 971. The lowest BCUT2D eigenvalue weighted by Gasteiger charge is -2.16. The van der Waals surface area contributed by atoms with Crippen molar-refractivity contribution in [3.05, 3.63) is 99.8 Å². The molecule has 0 bridgehead atoms. The first-order chi connectivity index (χ1) is 15.5. The second kappa shape index (κ2) is 14.6. The second-order valence-electron chi connectivity index (χ2n) is 8.31. The van der Waals surface area contributed by atoms with E-state index in [1.165, 1.54) is 13.0 Å². The van der Waals surface area contributed by atoms with Gasteiger partial charge in [0.2, 0.25) is 0 Å². The molecule has 176 valence electrons. The summed E-state index contributed by atoms with van der Waals surface area (Å²) in [5, 5.41) is 0.804. The third kappa shape index (κ3) is 11.8. The molecule has 0 aliphatic rings. The average molecular weight is 488 g/mol. The SMILES string of the molecule is CC(=O)c1ccc(C(=O)c2cc(Cl)ccc2Cl)cc1.CCOCC(C)(C)C.c1ccncc1. The van der Waals surface area contributed by atoms with Crippen LogP contribution in [0.15, 0.2) is 73.1 Å². The van der Waals surface area contributed by atoms with Gasteiger partial charge in [-0.05, 0) is 49.6 Å². The number of halogens is 2. The fraction of sp³-hybridized carbons (Fsp3) is 0.296. The molecule has 4 nitrogen and oxygen atoms in total. The van der Waals surface area contributed by atoms with Crippen LogP contribution in [0.3, 0.4) is 0 Å². The number of benzene rings is 2. The van der Waals surface area contributed by atoms with Crippen LogP contribution in [0.1, 0.15) is 60.9 Å². The van der Waals surface area contributed by atoms with Crippen molar-refractivity contribution in [2.75, 3.05) is 13.2 Å². The number of pyridine rings is 1. The van der Waals surface area contributed by atoms with Gasteiger partial charge < -0.3 is 4.74 Å². The summed E-state index contributed by atoms with van der Waals surface area (Å²) in [7, 11) is 0. The topological polar surface area (TPSA) is 56.3 Å². The number of Topliss-reactive ketones (excluding diaryl/α,β-unsaturated/α-hetero) is 1. The predicted molar refractivity (Wildman–Crippen MR) is 137 cm³/mol. The maximum Gasteiger partial charge on any atom is 0.194 e. The van der Waals surface area contributed by atoms with Crippen molar-refractivity contribution in [3.63, 3.8) is 0 Å². The summed E-state index contributed by atoms with van der Waals surface area (Å²) >= 11 is 11.8. The molecule has 1 aromatic heterocycles. The molecular weight excluding hydrogens is 457 g/mol. The molecule has 0 aliphatic carbocycles. The van der Waals surface area contributed by atoms with E-state index in [2.05, 4.69) is 25.8 Å². The van der Waals surface area contributed by atoms with Gasteiger partial charge in [-0.1, -0.05) is 74.3 Å². The van der Waals surface area contributed by atoms with Gasteiger partial charge >= 0.3 is 0 Å². The Balaban J connectivity index is 0.000000319. The minimum absolute atomic E-state index is 0.0419. The lowest BCUT2D eigenvalue weighted by atomic mass is 9.99. The number of ketones is 2. The lowest BCUT2D eigenvalue weighted by Crippen LogP contribution is -2.14. The Morgan fingerprint density at radius 1 is 0.909 bits per heavy atom. The third-order valence-corrected chi connectivity index (χ3v) is 4.60. The molecule has 0 atom stereocenters. The number of rotatable bonds is 5. The van der Waals surface area contributed by atoms with E-state index in [9.17, 15) is 9.59 Å². The standard InChI is InChI=1S/C15H10Cl2O2.C7H16O.C5H5N/c1-9(18)10-2-4-11(5-3-10)15(19)13-8-12(16)6-7-14(13)17;1-5-8-6-7(2,3)4;1-2-4-6-5-3-1/h2-8H,1H3;5-6H2,1-4H3;1-5H. The van der Waals surface area contributed by atoms with Crippen LogP contribution in [0, 0.1) is 5.41 Å². The maximum atomic E-state index is 12.3. The van der Waals surface area contributed by atoms with Crippen LogP contribution in [-0.4, -0.2) is 29.8 Å². The van der Waals surface area contributed by atoms with Gasteiger partial charge in [-0.3, -0.25) is 14.6 Å². The fourth-order valence-electron chi connectivity index (χ4n) is 2.40. The molecule has 2 aromatic carbocycles. The fourth-order valence-corrected chi connectivity index (χ4v) is 2.78. The van der Waals surface area contributed by atoms with Gasteiger partial charge in [-0.25, -0.2) is 0 Å². The van der Waals surface area contributed by atoms with Crippen LogP contribution >= 0.6 is 23.2 Å². The van der Waals surface area contributed by atoms with Crippen LogP contribution in [0.4, 0.5) is 0 Å². The number of nitrogens with zero attached hydrogens (tertiary/aromatic N) is 1. The summed E-state index contributed by atoms with van der Waals surface area (Å²) < 4.78 is 5.20. The molecule has 3 aromatic rings. The van der Waals surface area contributed by atoms with Gasteiger partial charge in [0.15, 0.2) is 11.6 Å². The number of hydrogen-bond donors (Lipinski definition) is 0. The zero-order chi connectivity index (χ0) is 24.9. The van der Waals surface area contributed by atoms with E-state index in [0.29, 0.717) is 32.2 Å². The molecule has 0 amide bonds. The molecule has 0 saturated heterocycles. The van der Waals surface area contributed by atoms with Gasteiger partial charge in [-0.2, -0.15) is 0 Å². The van der Waals surface area contributed by atoms with Crippen LogP contribution < -0.4 is 0 Å². The maximum absolute atomic E-state index is 12.3. The summed E-state index contributed by atoms with van der Waals surface area (Å²) in [5.41, 5.74) is 1.71. The summed E-state index contributed by atoms with van der Waals surface area (Å²) in [6, 6.07) is 16.9. The largest absolute Gasteiger partial charge is 0.381 e. The van der Waals surface area contributed by atoms with Crippen molar-refractivity contribution < 1.29 is 14.3 Å². The normalized spacial score (nSPS) is 10.3. The monoisotopic (exact) mass is 487 g/mol. The molecule has 0 N–H and O–H groups in total. The van der Waals surface area contributed by atoms with E-state index in [0.717, 1.165) is 13.2 Å². The molecule has 6 heteroatoms. The quantitative estimate of drug-likeness (QED) is 0.348. The Morgan fingerprint density at radius 2 is 1.48 bits per heavy atom. The first-order valence-corrected chi connectivity index (χ1v) is 11.3. The van der Waals surface area contributed by atoms with Crippen molar-refractivity contribution in [2.45, 2.75) is 34.6 Å². The molecule has 3 rings (SSSR count). The Labute approximate surface area is 206 Å². The molecular formula is C27H31Cl2NO3. The smallest absolute Gasteiger partial charge is 0.194 e. The van der Waals surface area contributed by atoms with Gasteiger partial charge in [0.25, 0.3) is 0 Å². The highest BCUT2D eigenvalue weighted by Gasteiger charge is 2.13. The van der Waals surface area contributed by atoms with E-state index in [1.807, 2.05) is 25.1 Å². The van der Waals surface area contributed by atoms with Gasteiger partial charge in [0, 0.05) is 40.7 Å². The summed E-state index contributed by atoms with van der Waals surface area (Å²) in [6.45, 7) is 11.7. The van der Waals surface area contributed by atoms with Crippen molar-refractivity contribution in [3.8, 4) is 0 Å². The number of hydrogen-bond acceptors (Lipinski definition) is 4. The van der Waals surface area contributed by atoms with Crippen molar-refractivity contribution >= 4 is 34.8 Å². The lowest BCUT2D eigenvalue weighted by molar-refractivity contribution is 0.0805. The first kappa shape index (κ1) is 28.5. The zero-order valence-corrected chi connectivity index (χ0v) is 21.3. The number of carbonyl (C=O) groups excluding carboxylic acids is 2. The second-order valence-corrected chi connectivity index (χ2v) is 9.15. The van der Waals surface area contributed by atoms with Gasteiger partial charge in [0.1, 0.15) is 0 Å². The molecule has 0 unspecified atom stereocenters. The third-order valence-electron chi connectivity index (χ3n) is 4.03. The minimum atomic E-state index is -0.220. The van der Waals surface area contributed by atoms with Crippen LogP contribution in [0.25, 0.3) is 0 Å². The summed E-state index contributed by atoms with van der Waals surface area (Å²) in [4.78, 5) is 27.2. The molecule has 0 saturated carbocycles. The predicted octanol–water partition coefficient (Wildman–Crippen LogP) is 7.58. The highest BCUT2D eigenvalue weighted by atomic mass is 35.5.